The van der Waals surface area contributed by atoms with Crippen LogP contribution in [0, 0.1) is 11.8 Å². The molecule has 1 unspecified atom stereocenters. The molecule has 3 atom stereocenters. The summed E-state index contributed by atoms with van der Waals surface area (Å²) in [6.07, 6.45) is 13.3. The fourth-order valence-corrected chi connectivity index (χ4v) is 2.27. The summed E-state index contributed by atoms with van der Waals surface area (Å²) in [6, 6.07) is 0. The lowest BCUT2D eigenvalue weighted by molar-refractivity contribution is -0.117. The highest BCUT2D eigenvalue weighted by molar-refractivity contribution is 5.75. The molecule has 0 rings (SSSR count). The van der Waals surface area contributed by atoms with Crippen LogP contribution in [-0.4, -0.2) is 38.9 Å². The van der Waals surface area contributed by atoms with Crippen molar-refractivity contribution in [3.63, 3.8) is 0 Å². The average molecular weight is 363 g/mol. The van der Waals surface area contributed by atoms with Crippen LogP contribution in [0.15, 0.2) is 36.5 Å². The van der Waals surface area contributed by atoms with E-state index in [1.165, 1.54) is 13.0 Å². The fraction of sp³-hybridized carbons (Fsp3) is 0.591. The SMILES string of the molecule is CCCCCC(C)(O)/C=C/C#C/C=C/C=C/[C@@H](O)[C@@H](O)CCCC(C)=O. The Kier molecular flexibility index (Phi) is 13.6. The maximum atomic E-state index is 10.8. The summed E-state index contributed by atoms with van der Waals surface area (Å²) in [5, 5.41) is 29.7. The third kappa shape index (κ3) is 14.7. The van der Waals surface area contributed by atoms with E-state index in [0.717, 1.165) is 25.7 Å². The van der Waals surface area contributed by atoms with Gasteiger partial charge in [0.1, 0.15) is 5.78 Å². The first-order chi connectivity index (χ1) is 12.3. The molecule has 0 heterocycles. The largest absolute Gasteiger partial charge is 0.390 e. The molecule has 0 bridgehead atoms. The van der Waals surface area contributed by atoms with Gasteiger partial charge in [-0.1, -0.05) is 56.3 Å². The molecule has 4 heteroatoms. The van der Waals surface area contributed by atoms with E-state index >= 15 is 0 Å². The number of rotatable bonds is 12. The molecule has 0 fully saturated rings. The molecule has 0 saturated heterocycles. The molecule has 0 spiro atoms. The van der Waals surface area contributed by atoms with Crippen molar-refractivity contribution in [1.29, 1.82) is 0 Å². The van der Waals surface area contributed by atoms with Crippen LogP contribution in [0.25, 0.3) is 0 Å². The Hall–Kier alpha value is -1.67. The molecule has 0 aliphatic heterocycles. The molecule has 0 aromatic heterocycles. The number of allylic oxidation sites excluding steroid dienone is 4. The van der Waals surface area contributed by atoms with Gasteiger partial charge in [-0.05, 0) is 51.3 Å². The van der Waals surface area contributed by atoms with Crippen molar-refractivity contribution in [2.24, 2.45) is 0 Å². The van der Waals surface area contributed by atoms with Gasteiger partial charge in [0.05, 0.1) is 17.8 Å². The minimum atomic E-state index is -0.960. The Labute approximate surface area is 158 Å². The molecule has 0 aliphatic carbocycles. The zero-order chi connectivity index (χ0) is 19.8. The predicted molar refractivity (Wildman–Crippen MR) is 107 cm³/mol. The van der Waals surface area contributed by atoms with Gasteiger partial charge >= 0.3 is 0 Å². The second-order valence-corrected chi connectivity index (χ2v) is 6.83. The first-order valence-electron chi connectivity index (χ1n) is 9.38. The standard InChI is InChI=1S/C22H34O4/c1-4-5-11-17-22(3,26)18-12-9-7-6-8-10-15-20(24)21(25)16-13-14-19(2)23/h6,8,10,12,15,18,20-21,24-26H,4-5,11,13-14,16-17H2,1-3H3/b8-6+,15-10+,18-12+/t20-,21+,22?/m1/s1. The number of hydrogen-bond acceptors (Lipinski definition) is 4. The summed E-state index contributed by atoms with van der Waals surface area (Å²) >= 11 is 0. The highest BCUT2D eigenvalue weighted by atomic mass is 16.3. The van der Waals surface area contributed by atoms with Gasteiger partial charge in [0.25, 0.3) is 0 Å². The Bertz CT molecular complexity index is 532. The van der Waals surface area contributed by atoms with Crippen LogP contribution >= 0.6 is 0 Å². The second-order valence-electron chi connectivity index (χ2n) is 6.83. The second kappa shape index (κ2) is 14.5. The van der Waals surface area contributed by atoms with Crippen LogP contribution in [0.3, 0.4) is 0 Å². The van der Waals surface area contributed by atoms with Crippen molar-refractivity contribution < 1.29 is 20.1 Å². The molecular weight excluding hydrogens is 328 g/mol. The van der Waals surface area contributed by atoms with Crippen LogP contribution in [-0.2, 0) is 4.79 Å². The lowest BCUT2D eigenvalue weighted by atomic mass is 9.98. The number of aliphatic hydroxyl groups is 3. The van der Waals surface area contributed by atoms with Gasteiger partial charge in [0, 0.05) is 6.42 Å². The molecule has 0 aromatic carbocycles. The summed E-state index contributed by atoms with van der Waals surface area (Å²) in [5.74, 6) is 5.72. The van der Waals surface area contributed by atoms with E-state index < -0.39 is 17.8 Å². The monoisotopic (exact) mass is 362 g/mol. The normalized spacial score (nSPS) is 16.5. The van der Waals surface area contributed by atoms with Gasteiger partial charge in [-0.15, -0.1) is 0 Å². The maximum absolute atomic E-state index is 10.8. The van der Waals surface area contributed by atoms with E-state index in [4.69, 9.17) is 0 Å². The number of carbonyl (C=O) groups excluding carboxylic acids is 1. The minimum absolute atomic E-state index is 0.0836. The van der Waals surface area contributed by atoms with E-state index in [0.29, 0.717) is 19.3 Å². The number of hydrogen-bond donors (Lipinski definition) is 3. The molecule has 4 nitrogen and oxygen atoms in total. The first kappa shape index (κ1) is 24.3. The summed E-state index contributed by atoms with van der Waals surface area (Å²) in [5.41, 5.74) is -0.823. The first-order valence-corrected chi connectivity index (χ1v) is 9.38. The third-order valence-electron chi connectivity index (χ3n) is 3.92. The van der Waals surface area contributed by atoms with E-state index in [9.17, 15) is 20.1 Å². The fourth-order valence-electron chi connectivity index (χ4n) is 2.27. The van der Waals surface area contributed by atoms with Gasteiger partial charge in [-0.3, -0.25) is 0 Å². The van der Waals surface area contributed by atoms with Gasteiger partial charge in [-0.25, -0.2) is 0 Å². The van der Waals surface area contributed by atoms with E-state index in [1.54, 1.807) is 37.3 Å². The summed E-state index contributed by atoms with van der Waals surface area (Å²) in [7, 11) is 0. The zero-order valence-electron chi connectivity index (χ0n) is 16.3. The highest BCUT2D eigenvalue weighted by Crippen LogP contribution is 2.15. The number of Topliss-reactive ketones (excluding diaryl/α,β-unsaturated/α-hetero) is 1. The topological polar surface area (TPSA) is 77.8 Å². The average Bonchev–Trinajstić information content (AvgIpc) is 2.56. The van der Waals surface area contributed by atoms with Crippen molar-refractivity contribution in [2.75, 3.05) is 0 Å². The van der Waals surface area contributed by atoms with Crippen molar-refractivity contribution in [3.05, 3.63) is 36.5 Å². The lowest BCUT2D eigenvalue weighted by Gasteiger charge is -2.17. The van der Waals surface area contributed by atoms with E-state index in [1.807, 2.05) is 0 Å². The smallest absolute Gasteiger partial charge is 0.129 e. The van der Waals surface area contributed by atoms with Crippen LogP contribution in [0.4, 0.5) is 0 Å². The van der Waals surface area contributed by atoms with Crippen molar-refractivity contribution in [1.82, 2.24) is 0 Å². The van der Waals surface area contributed by atoms with Gasteiger partial charge in [-0.2, -0.15) is 0 Å². The molecule has 0 aromatic rings. The third-order valence-corrected chi connectivity index (χ3v) is 3.92. The Balaban J connectivity index is 4.18. The molecular formula is C22H34O4. The van der Waals surface area contributed by atoms with Crippen molar-refractivity contribution in [3.8, 4) is 11.8 Å². The molecule has 0 aliphatic rings. The molecule has 0 amide bonds. The van der Waals surface area contributed by atoms with Crippen LogP contribution in [0.5, 0.6) is 0 Å². The Morgan fingerprint density at radius 2 is 1.81 bits per heavy atom. The quantitative estimate of drug-likeness (QED) is 0.282. The number of aliphatic hydroxyl groups excluding tert-OH is 2. The number of ketones is 1. The molecule has 146 valence electrons. The number of unbranched alkanes of at least 4 members (excludes halogenated alkanes) is 2. The highest BCUT2D eigenvalue weighted by Gasteiger charge is 2.14. The lowest BCUT2D eigenvalue weighted by Crippen LogP contribution is -2.23. The van der Waals surface area contributed by atoms with Crippen molar-refractivity contribution >= 4 is 5.78 Å². The van der Waals surface area contributed by atoms with Gasteiger partial charge < -0.3 is 20.1 Å². The minimum Gasteiger partial charge on any atom is -0.390 e. The van der Waals surface area contributed by atoms with Crippen molar-refractivity contribution in [2.45, 2.75) is 83.5 Å². The Morgan fingerprint density at radius 1 is 1.12 bits per heavy atom. The Morgan fingerprint density at radius 3 is 2.46 bits per heavy atom. The summed E-state index contributed by atoms with van der Waals surface area (Å²) < 4.78 is 0. The molecule has 3 N–H and O–H groups in total. The molecule has 26 heavy (non-hydrogen) atoms. The number of carbonyl (C=O) groups is 1. The molecule has 0 radical (unpaired) electrons. The maximum Gasteiger partial charge on any atom is 0.129 e. The zero-order valence-corrected chi connectivity index (χ0v) is 16.3. The van der Waals surface area contributed by atoms with Crippen LogP contribution in [0.1, 0.15) is 65.7 Å². The van der Waals surface area contributed by atoms with Gasteiger partial charge in [0.15, 0.2) is 0 Å². The van der Waals surface area contributed by atoms with Gasteiger partial charge in [0.2, 0.25) is 0 Å². The van der Waals surface area contributed by atoms with E-state index in [2.05, 4.69) is 18.8 Å². The van der Waals surface area contributed by atoms with E-state index in [-0.39, 0.29) is 5.78 Å². The van der Waals surface area contributed by atoms with Crippen LogP contribution in [0.2, 0.25) is 0 Å². The summed E-state index contributed by atoms with van der Waals surface area (Å²) in [6.45, 7) is 5.42. The predicted octanol–water partition coefficient (Wildman–Crippen LogP) is 3.47. The molecule has 0 saturated carbocycles. The summed E-state index contributed by atoms with van der Waals surface area (Å²) in [4.78, 5) is 10.8. The van der Waals surface area contributed by atoms with Crippen LogP contribution < -0.4 is 0 Å².